The Morgan fingerprint density at radius 3 is 2.96 bits per heavy atom. The lowest BCUT2D eigenvalue weighted by Gasteiger charge is -2.31. The summed E-state index contributed by atoms with van der Waals surface area (Å²) in [7, 11) is 3.58. The number of methoxy groups -OCH3 is 1. The molecule has 6 heteroatoms. The maximum Gasteiger partial charge on any atom is 0.143 e. The fourth-order valence-corrected chi connectivity index (χ4v) is 4.71. The number of benzene rings is 2. The van der Waals surface area contributed by atoms with Crippen LogP contribution in [0.1, 0.15) is 23.2 Å². The lowest BCUT2D eigenvalue weighted by atomic mass is 9.69. The van der Waals surface area contributed by atoms with Gasteiger partial charge in [-0.15, -0.1) is 0 Å². The molecule has 1 unspecified atom stereocenters. The molecule has 0 radical (unpaired) electrons. The molecule has 5 nitrogen and oxygen atoms in total. The SMILES string of the molecule is COc1ccc(C2(C#N)CCc3[nH]ncc3C2)c2c3cc(F)ccc3n(C)c12. The number of hydrogen-bond acceptors (Lipinski definition) is 3. The number of rotatable bonds is 2. The van der Waals surface area contributed by atoms with E-state index >= 15 is 0 Å². The van der Waals surface area contributed by atoms with Crippen LogP contribution in [0.3, 0.4) is 0 Å². The zero-order chi connectivity index (χ0) is 19.5. The number of fused-ring (bicyclic) bond motifs is 4. The van der Waals surface area contributed by atoms with E-state index in [4.69, 9.17) is 4.74 Å². The van der Waals surface area contributed by atoms with Gasteiger partial charge in [0.05, 0.1) is 30.3 Å². The molecule has 0 saturated heterocycles. The zero-order valence-electron chi connectivity index (χ0n) is 15.7. The number of ether oxygens (including phenoxy) is 1. The number of aryl methyl sites for hydroxylation is 2. The van der Waals surface area contributed by atoms with Crippen molar-refractivity contribution in [3.05, 3.63) is 59.2 Å². The lowest BCUT2D eigenvalue weighted by molar-refractivity contribution is 0.417. The third-order valence-corrected chi connectivity index (χ3v) is 6.12. The Morgan fingerprint density at radius 2 is 2.18 bits per heavy atom. The van der Waals surface area contributed by atoms with Gasteiger partial charge in [0.25, 0.3) is 0 Å². The van der Waals surface area contributed by atoms with Gasteiger partial charge in [-0.05, 0) is 54.7 Å². The second-order valence-electron chi connectivity index (χ2n) is 7.50. The van der Waals surface area contributed by atoms with Crippen molar-refractivity contribution in [2.24, 2.45) is 7.05 Å². The van der Waals surface area contributed by atoms with Crippen molar-refractivity contribution in [3.63, 3.8) is 0 Å². The van der Waals surface area contributed by atoms with Crippen molar-refractivity contribution in [2.45, 2.75) is 24.7 Å². The summed E-state index contributed by atoms with van der Waals surface area (Å²) in [5.41, 5.74) is 4.20. The van der Waals surface area contributed by atoms with E-state index in [0.717, 1.165) is 45.0 Å². The topological polar surface area (TPSA) is 66.6 Å². The van der Waals surface area contributed by atoms with E-state index in [1.54, 1.807) is 19.2 Å². The molecule has 2 heterocycles. The third-order valence-electron chi connectivity index (χ3n) is 6.12. The minimum atomic E-state index is -0.692. The number of nitriles is 1. The van der Waals surface area contributed by atoms with Gasteiger partial charge >= 0.3 is 0 Å². The van der Waals surface area contributed by atoms with Crippen molar-refractivity contribution in [3.8, 4) is 11.8 Å². The Bertz CT molecular complexity index is 1280. The highest BCUT2D eigenvalue weighted by molar-refractivity contribution is 6.12. The molecule has 2 aromatic carbocycles. The predicted molar refractivity (Wildman–Crippen MR) is 105 cm³/mol. The highest BCUT2D eigenvalue weighted by Gasteiger charge is 2.39. The largest absolute Gasteiger partial charge is 0.495 e. The summed E-state index contributed by atoms with van der Waals surface area (Å²) in [4.78, 5) is 0. The van der Waals surface area contributed by atoms with E-state index in [9.17, 15) is 9.65 Å². The van der Waals surface area contributed by atoms with Crippen LogP contribution < -0.4 is 4.74 Å². The molecule has 1 atom stereocenters. The molecule has 0 bridgehead atoms. The van der Waals surface area contributed by atoms with Gasteiger partial charge in [-0.2, -0.15) is 10.4 Å². The minimum absolute atomic E-state index is 0.291. The fourth-order valence-electron chi connectivity index (χ4n) is 4.71. The number of hydrogen-bond donors (Lipinski definition) is 1. The molecular weight excluding hydrogens is 355 g/mol. The Balaban J connectivity index is 1.88. The first-order chi connectivity index (χ1) is 13.6. The number of aromatic amines is 1. The maximum absolute atomic E-state index is 14.1. The van der Waals surface area contributed by atoms with Crippen LogP contribution in [0, 0.1) is 17.1 Å². The minimum Gasteiger partial charge on any atom is -0.495 e. The van der Waals surface area contributed by atoms with Crippen molar-refractivity contribution in [1.29, 1.82) is 5.26 Å². The Morgan fingerprint density at radius 1 is 1.32 bits per heavy atom. The molecule has 4 aromatic rings. The average molecular weight is 374 g/mol. The second-order valence-corrected chi connectivity index (χ2v) is 7.50. The van der Waals surface area contributed by atoms with Gasteiger partial charge in [0, 0.05) is 29.0 Å². The summed E-state index contributed by atoms with van der Waals surface area (Å²) in [5, 5.41) is 19.2. The van der Waals surface area contributed by atoms with E-state index in [1.807, 2.05) is 29.9 Å². The molecule has 0 aliphatic heterocycles. The fraction of sp³-hybridized carbons (Fsp3) is 0.273. The summed E-state index contributed by atoms with van der Waals surface area (Å²) in [6, 6.07) is 11.3. The van der Waals surface area contributed by atoms with Gasteiger partial charge < -0.3 is 9.30 Å². The molecular formula is C22H19FN4O. The first kappa shape index (κ1) is 16.8. The van der Waals surface area contributed by atoms with Crippen molar-refractivity contribution in [1.82, 2.24) is 14.8 Å². The molecule has 5 rings (SSSR count). The van der Waals surface area contributed by atoms with E-state index in [1.165, 1.54) is 6.07 Å². The van der Waals surface area contributed by atoms with Crippen molar-refractivity contribution in [2.75, 3.05) is 7.11 Å². The second kappa shape index (κ2) is 5.83. The van der Waals surface area contributed by atoms with Gasteiger partial charge in [-0.1, -0.05) is 6.07 Å². The van der Waals surface area contributed by atoms with Crippen LogP contribution in [0.15, 0.2) is 36.5 Å². The molecule has 1 aliphatic rings. The average Bonchev–Trinajstić information content (AvgIpc) is 3.29. The highest BCUT2D eigenvalue weighted by Crippen LogP contribution is 2.45. The van der Waals surface area contributed by atoms with E-state index in [-0.39, 0.29) is 5.82 Å². The van der Waals surface area contributed by atoms with Crippen molar-refractivity contribution < 1.29 is 9.13 Å². The van der Waals surface area contributed by atoms with Crippen molar-refractivity contribution >= 4 is 21.8 Å². The zero-order valence-corrected chi connectivity index (χ0v) is 15.7. The number of nitrogens with one attached hydrogen (secondary N) is 1. The van der Waals surface area contributed by atoms with Crippen LogP contribution >= 0.6 is 0 Å². The van der Waals surface area contributed by atoms with Gasteiger partial charge in [0.1, 0.15) is 11.6 Å². The summed E-state index contributed by atoms with van der Waals surface area (Å²) in [5.74, 6) is 0.423. The number of H-pyrrole nitrogens is 1. The van der Waals surface area contributed by atoms with Crippen LogP contribution in [0.2, 0.25) is 0 Å². The maximum atomic E-state index is 14.1. The van der Waals surface area contributed by atoms with Crippen LogP contribution in [-0.2, 0) is 25.3 Å². The monoisotopic (exact) mass is 374 g/mol. The van der Waals surface area contributed by atoms with E-state index in [0.29, 0.717) is 18.6 Å². The molecule has 0 spiro atoms. The molecule has 2 aromatic heterocycles. The number of aromatic nitrogens is 3. The summed E-state index contributed by atoms with van der Waals surface area (Å²) >= 11 is 0. The standard InChI is InChI=1S/C22H19FN4O/c1-27-18-5-3-14(23)9-15(18)20-16(4-6-19(28-2)21(20)27)22(12-24)8-7-17-13(10-22)11-25-26-17/h3-6,9,11H,7-8,10H2,1-2H3,(H,25,26). The van der Waals surface area contributed by atoms with E-state index < -0.39 is 5.41 Å². The number of halogens is 1. The molecule has 28 heavy (non-hydrogen) atoms. The normalized spacial score (nSPS) is 18.9. The molecule has 1 N–H and O–H groups in total. The Kier molecular flexibility index (Phi) is 3.50. The Labute approximate surface area is 161 Å². The van der Waals surface area contributed by atoms with Gasteiger partial charge in [-0.3, -0.25) is 5.10 Å². The number of nitrogens with zero attached hydrogens (tertiary/aromatic N) is 3. The summed E-state index contributed by atoms with van der Waals surface area (Å²) in [6.45, 7) is 0. The van der Waals surface area contributed by atoms with Crippen LogP contribution in [0.5, 0.6) is 5.75 Å². The molecule has 140 valence electrons. The summed E-state index contributed by atoms with van der Waals surface area (Å²) < 4.78 is 21.8. The van der Waals surface area contributed by atoms with Gasteiger partial charge in [0.2, 0.25) is 0 Å². The van der Waals surface area contributed by atoms with Crippen LogP contribution in [0.25, 0.3) is 21.8 Å². The smallest absolute Gasteiger partial charge is 0.143 e. The first-order valence-electron chi connectivity index (χ1n) is 9.25. The predicted octanol–water partition coefficient (Wildman–Crippen LogP) is 4.15. The molecule has 1 aliphatic carbocycles. The van der Waals surface area contributed by atoms with E-state index in [2.05, 4.69) is 16.3 Å². The highest BCUT2D eigenvalue weighted by atomic mass is 19.1. The molecule has 0 fully saturated rings. The molecule has 0 saturated carbocycles. The summed E-state index contributed by atoms with van der Waals surface area (Å²) in [6.07, 6.45) is 3.84. The quantitative estimate of drug-likeness (QED) is 0.573. The lowest BCUT2D eigenvalue weighted by Crippen LogP contribution is -2.32. The third kappa shape index (κ3) is 2.13. The van der Waals surface area contributed by atoms with Gasteiger partial charge in [0.15, 0.2) is 0 Å². The van der Waals surface area contributed by atoms with Crippen LogP contribution in [-0.4, -0.2) is 21.9 Å². The first-order valence-corrected chi connectivity index (χ1v) is 9.25. The molecule has 0 amide bonds. The van der Waals surface area contributed by atoms with Crippen LogP contribution in [0.4, 0.5) is 4.39 Å². The van der Waals surface area contributed by atoms with Gasteiger partial charge in [-0.25, -0.2) is 4.39 Å². The Hall–Kier alpha value is -3.33.